The SMILES string of the molecule is NS(=O)(=O)c1ccc2c(c1)CCN2C(=O)CSc1ncccn1. The number of nitrogens with zero attached hydrogens (tertiary/aromatic N) is 3. The molecule has 0 spiro atoms. The summed E-state index contributed by atoms with van der Waals surface area (Å²) in [4.78, 5) is 22.2. The molecule has 0 bridgehead atoms. The van der Waals surface area contributed by atoms with Crippen molar-refractivity contribution in [3.05, 3.63) is 42.2 Å². The minimum absolute atomic E-state index is 0.0652. The molecule has 2 heterocycles. The normalized spacial score (nSPS) is 13.9. The van der Waals surface area contributed by atoms with Crippen LogP contribution in [0.2, 0.25) is 0 Å². The van der Waals surface area contributed by atoms with Gasteiger partial charge in [0.1, 0.15) is 0 Å². The monoisotopic (exact) mass is 350 g/mol. The number of primary sulfonamides is 1. The number of carbonyl (C=O) groups excluding carboxylic acids is 1. The highest BCUT2D eigenvalue weighted by molar-refractivity contribution is 7.99. The molecule has 0 fully saturated rings. The van der Waals surface area contributed by atoms with Crippen molar-refractivity contribution in [1.29, 1.82) is 0 Å². The smallest absolute Gasteiger partial charge is 0.238 e. The van der Waals surface area contributed by atoms with Crippen LogP contribution in [0.3, 0.4) is 0 Å². The molecule has 1 amide bonds. The molecule has 9 heteroatoms. The van der Waals surface area contributed by atoms with E-state index in [0.717, 1.165) is 11.3 Å². The van der Waals surface area contributed by atoms with Crippen LogP contribution >= 0.6 is 11.8 Å². The molecule has 120 valence electrons. The fourth-order valence-electron chi connectivity index (χ4n) is 2.38. The van der Waals surface area contributed by atoms with E-state index in [0.29, 0.717) is 18.1 Å². The third-order valence-corrected chi connectivity index (χ3v) is 5.21. The van der Waals surface area contributed by atoms with Gasteiger partial charge in [-0.05, 0) is 36.2 Å². The summed E-state index contributed by atoms with van der Waals surface area (Å²) in [6, 6.07) is 6.30. The Labute approximate surface area is 138 Å². The van der Waals surface area contributed by atoms with Crippen molar-refractivity contribution in [1.82, 2.24) is 9.97 Å². The lowest BCUT2D eigenvalue weighted by Crippen LogP contribution is -2.30. The van der Waals surface area contributed by atoms with Crippen LogP contribution in [0.5, 0.6) is 0 Å². The lowest BCUT2D eigenvalue weighted by atomic mass is 10.2. The number of amides is 1. The molecular formula is C14H14N4O3S2. The number of rotatable bonds is 4. The summed E-state index contributed by atoms with van der Waals surface area (Å²) in [7, 11) is -3.73. The highest BCUT2D eigenvalue weighted by atomic mass is 32.2. The molecule has 1 aliphatic heterocycles. The topological polar surface area (TPSA) is 106 Å². The zero-order chi connectivity index (χ0) is 16.4. The van der Waals surface area contributed by atoms with Crippen LogP contribution < -0.4 is 10.0 Å². The van der Waals surface area contributed by atoms with Gasteiger partial charge in [-0.25, -0.2) is 23.5 Å². The molecule has 3 rings (SSSR count). The predicted molar refractivity (Wildman–Crippen MR) is 86.6 cm³/mol. The first-order valence-corrected chi connectivity index (χ1v) is 9.34. The molecule has 2 N–H and O–H groups in total. The Balaban J connectivity index is 1.73. The van der Waals surface area contributed by atoms with Gasteiger partial charge >= 0.3 is 0 Å². The molecule has 2 aromatic rings. The van der Waals surface area contributed by atoms with E-state index in [1.807, 2.05) is 0 Å². The molecule has 1 aromatic carbocycles. The van der Waals surface area contributed by atoms with Gasteiger partial charge in [0, 0.05) is 24.6 Å². The van der Waals surface area contributed by atoms with Crippen LogP contribution in [0.25, 0.3) is 0 Å². The lowest BCUT2D eigenvalue weighted by Gasteiger charge is -2.17. The first-order valence-electron chi connectivity index (χ1n) is 6.81. The first-order chi connectivity index (χ1) is 10.9. The van der Waals surface area contributed by atoms with E-state index >= 15 is 0 Å². The van der Waals surface area contributed by atoms with Crippen molar-refractivity contribution in [3.8, 4) is 0 Å². The van der Waals surface area contributed by atoms with E-state index in [2.05, 4.69) is 9.97 Å². The van der Waals surface area contributed by atoms with E-state index in [1.54, 1.807) is 29.4 Å². The second kappa shape index (κ2) is 6.26. The van der Waals surface area contributed by atoms with Crippen LogP contribution in [-0.2, 0) is 21.2 Å². The highest BCUT2D eigenvalue weighted by Crippen LogP contribution is 2.30. The summed E-state index contributed by atoms with van der Waals surface area (Å²) in [5.74, 6) is 0.157. The van der Waals surface area contributed by atoms with Crippen LogP contribution in [-0.4, -0.2) is 36.6 Å². The molecule has 0 unspecified atom stereocenters. The third-order valence-electron chi connectivity index (χ3n) is 3.44. The number of hydrogen-bond acceptors (Lipinski definition) is 6. The quantitative estimate of drug-likeness (QED) is 0.646. The molecular weight excluding hydrogens is 336 g/mol. The van der Waals surface area contributed by atoms with Crippen molar-refractivity contribution >= 4 is 33.4 Å². The molecule has 0 atom stereocenters. The number of hydrogen-bond donors (Lipinski definition) is 1. The number of thioether (sulfide) groups is 1. The molecule has 0 saturated carbocycles. The highest BCUT2D eigenvalue weighted by Gasteiger charge is 2.26. The number of nitrogens with two attached hydrogens (primary N) is 1. The molecule has 1 aromatic heterocycles. The zero-order valence-corrected chi connectivity index (χ0v) is 13.7. The van der Waals surface area contributed by atoms with E-state index in [-0.39, 0.29) is 16.6 Å². The van der Waals surface area contributed by atoms with E-state index < -0.39 is 10.0 Å². The fraction of sp³-hybridized carbons (Fsp3) is 0.214. The Kier molecular flexibility index (Phi) is 4.33. The molecule has 0 radical (unpaired) electrons. The average Bonchev–Trinajstić information content (AvgIpc) is 2.96. The summed E-state index contributed by atoms with van der Waals surface area (Å²) < 4.78 is 22.8. The Morgan fingerprint density at radius 2 is 2.04 bits per heavy atom. The minimum Gasteiger partial charge on any atom is -0.311 e. The van der Waals surface area contributed by atoms with Gasteiger partial charge in [-0.3, -0.25) is 4.79 Å². The number of benzene rings is 1. The van der Waals surface area contributed by atoms with Gasteiger partial charge in [0.2, 0.25) is 15.9 Å². The van der Waals surface area contributed by atoms with Crippen molar-refractivity contribution in [2.45, 2.75) is 16.5 Å². The largest absolute Gasteiger partial charge is 0.311 e. The molecule has 23 heavy (non-hydrogen) atoms. The number of fused-ring (bicyclic) bond motifs is 1. The Bertz CT molecular complexity index is 840. The molecule has 0 saturated heterocycles. The lowest BCUT2D eigenvalue weighted by molar-refractivity contribution is -0.116. The Morgan fingerprint density at radius 3 is 2.74 bits per heavy atom. The van der Waals surface area contributed by atoms with Gasteiger partial charge in [-0.2, -0.15) is 0 Å². The average molecular weight is 350 g/mol. The van der Waals surface area contributed by atoms with Gasteiger partial charge in [-0.1, -0.05) is 11.8 Å². The summed E-state index contributed by atoms with van der Waals surface area (Å²) >= 11 is 1.27. The van der Waals surface area contributed by atoms with Gasteiger partial charge in [0.25, 0.3) is 0 Å². The summed E-state index contributed by atoms with van der Waals surface area (Å²) in [6.07, 6.45) is 3.86. The van der Waals surface area contributed by atoms with Crippen molar-refractivity contribution < 1.29 is 13.2 Å². The molecule has 0 aliphatic carbocycles. The van der Waals surface area contributed by atoms with Crippen molar-refractivity contribution in [2.75, 3.05) is 17.2 Å². The van der Waals surface area contributed by atoms with E-state index in [4.69, 9.17) is 5.14 Å². The third kappa shape index (κ3) is 3.52. The van der Waals surface area contributed by atoms with E-state index in [9.17, 15) is 13.2 Å². The summed E-state index contributed by atoms with van der Waals surface area (Å²) in [6.45, 7) is 0.526. The van der Waals surface area contributed by atoms with E-state index in [1.165, 1.54) is 23.9 Å². The number of aromatic nitrogens is 2. The molecule has 7 nitrogen and oxygen atoms in total. The van der Waals surface area contributed by atoms with Gasteiger partial charge < -0.3 is 4.90 Å². The van der Waals surface area contributed by atoms with Crippen molar-refractivity contribution in [2.24, 2.45) is 5.14 Å². The number of anilines is 1. The van der Waals surface area contributed by atoms with Crippen LogP contribution in [0.15, 0.2) is 46.7 Å². The second-order valence-electron chi connectivity index (χ2n) is 4.95. The number of sulfonamides is 1. The standard InChI is InChI=1S/C14H14N4O3S2/c15-23(20,21)11-2-3-12-10(8-11)4-7-18(12)13(19)9-22-14-16-5-1-6-17-14/h1-3,5-6,8H,4,7,9H2,(H2,15,20,21). The van der Waals surface area contributed by atoms with Crippen LogP contribution in [0.1, 0.15) is 5.56 Å². The minimum atomic E-state index is -3.73. The van der Waals surface area contributed by atoms with Crippen LogP contribution in [0.4, 0.5) is 5.69 Å². The maximum Gasteiger partial charge on any atom is 0.238 e. The number of carbonyl (C=O) groups is 1. The predicted octanol–water partition coefficient (Wildman–Crippen LogP) is 0.805. The maximum absolute atomic E-state index is 12.4. The fourth-order valence-corrected chi connectivity index (χ4v) is 3.62. The Hall–Kier alpha value is -1.97. The summed E-state index contributed by atoms with van der Waals surface area (Å²) in [5, 5.41) is 5.68. The van der Waals surface area contributed by atoms with Gasteiger partial charge in [0.05, 0.1) is 10.6 Å². The summed E-state index contributed by atoms with van der Waals surface area (Å²) in [5.41, 5.74) is 1.54. The van der Waals surface area contributed by atoms with Gasteiger partial charge in [-0.15, -0.1) is 0 Å². The van der Waals surface area contributed by atoms with Gasteiger partial charge in [0.15, 0.2) is 5.16 Å². The molecule has 1 aliphatic rings. The van der Waals surface area contributed by atoms with Crippen LogP contribution in [0, 0.1) is 0 Å². The Morgan fingerprint density at radius 1 is 1.30 bits per heavy atom. The zero-order valence-electron chi connectivity index (χ0n) is 12.0. The second-order valence-corrected chi connectivity index (χ2v) is 7.45. The van der Waals surface area contributed by atoms with Crippen molar-refractivity contribution in [3.63, 3.8) is 0 Å². The maximum atomic E-state index is 12.4. The first kappa shape index (κ1) is 15.9.